The molecule has 4 aromatic rings. The van der Waals surface area contributed by atoms with Crippen molar-refractivity contribution in [2.45, 2.75) is 37.8 Å². The van der Waals surface area contributed by atoms with Gasteiger partial charge in [-0.3, -0.25) is 13.9 Å². The van der Waals surface area contributed by atoms with Crippen LogP contribution in [-0.4, -0.2) is 44.3 Å². The molecule has 0 unspecified atom stereocenters. The van der Waals surface area contributed by atoms with Gasteiger partial charge in [-0.1, -0.05) is 86.1 Å². The molecular weight excluding hydrogens is 601 g/mol. The zero-order valence-electron chi connectivity index (χ0n) is 24.6. The highest BCUT2D eigenvalue weighted by Gasteiger charge is 2.34. The van der Waals surface area contributed by atoms with Gasteiger partial charge in [0.15, 0.2) is 0 Å². The molecule has 0 fully saturated rings. The molecule has 2 amide bonds. The van der Waals surface area contributed by atoms with E-state index in [4.69, 9.17) is 11.6 Å². The number of carbonyl (C=O) groups excluding carboxylic acids is 2. The topological polar surface area (TPSA) is 86.8 Å². The van der Waals surface area contributed by atoms with Crippen molar-refractivity contribution in [3.63, 3.8) is 0 Å². The summed E-state index contributed by atoms with van der Waals surface area (Å²) in [4.78, 5) is 29.5. The molecule has 7 nitrogen and oxygen atoms in total. The van der Waals surface area contributed by atoms with Crippen molar-refractivity contribution in [1.82, 2.24) is 10.2 Å². The van der Waals surface area contributed by atoms with Crippen LogP contribution in [0.2, 0.25) is 5.02 Å². The molecule has 10 heteroatoms. The summed E-state index contributed by atoms with van der Waals surface area (Å²) in [6, 6.07) is 27.8. The molecule has 4 rings (SSSR count). The number of halogens is 2. The second-order valence-corrected chi connectivity index (χ2v) is 13.1. The van der Waals surface area contributed by atoms with Crippen molar-refractivity contribution in [2.75, 3.05) is 17.4 Å². The SMILES string of the molecule is CC(C)CNC(=O)[C@@H](Cc1ccccc1)N(Cc1ccc(Cl)cc1)C(=O)CN(c1ccc(F)cc1)S(=O)(=O)c1ccccc1. The third-order valence-electron chi connectivity index (χ3n) is 6.95. The Morgan fingerprint density at radius 2 is 1.41 bits per heavy atom. The fourth-order valence-electron chi connectivity index (χ4n) is 4.62. The lowest BCUT2D eigenvalue weighted by Crippen LogP contribution is -2.53. The molecule has 0 saturated carbocycles. The summed E-state index contributed by atoms with van der Waals surface area (Å²) in [6.07, 6.45) is 0.200. The number of rotatable bonds is 13. The number of hydrogen-bond donors (Lipinski definition) is 1. The van der Waals surface area contributed by atoms with Crippen molar-refractivity contribution in [2.24, 2.45) is 5.92 Å². The predicted molar refractivity (Wildman–Crippen MR) is 171 cm³/mol. The number of amides is 2. The maximum Gasteiger partial charge on any atom is 0.264 e. The van der Waals surface area contributed by atoms with Crippen LogP contribution in [0.3, 0.4) is 0 Å². The molecule has 44 heavy (non-hydrogen) atoms. The van der Waals surface area contributed by atoms with Gasteiger partial charge in [0.2, 0.25) is 11.8 Å². The van der Waals surface area contributed by atoms with Crippen LogP contribution in [0.4, 0.5) is 10.1 Å². The molecule has 230 valence electrons. The molecule has 0 aliphatic rings. The Balaban J connectivity index is 1.78. The molecule has 0 saturated heterocycles. The minimum atomic E-state index is -4.25. The van der Waals surface area contributed by atoms with E-state index in [-0.39, 0.29) is 35.4 Å². The zero-order chi connectivity index (χ0) is 31.7. The molecule has 1 atom stereocenters. The summed E-state index contributed by atoms with van der Waals surface area (Å²) in [5.41, 5.74) is 1.65. The smallest absolute Gasteiger partial charge is 0.264 e. The summed E-state index contributed by atoms with van der Waals surface area (Å²) >= 11 is 6.11. The van der Waals surface area contributed by atoms with E-state index in [1.807, 2.05) is 44.2 Å². The van der Waals surface area contributed by atoms with Gasteiger partial charge in [-0.05, 0) is 65.6 Å². The van der Waals surface area contributed by atoms with Gasteiger partial charge in [0.25, 0.3) is 10.0 Å². The number of nitrogens with zero attached hydrogens (tertiary/aromatic N) is 2. The van der Waals surface area contributed by atoms with Crippen molar-refractivity contribution < 1.29 is 22.4 Å². The third-order valence-corrected chi connectivity index (χ3v) is 8.99. The lowest BCUT2D eigenvalue weighted by molar-refractivity contribution is -0.140. The van der Waals surface area contributed by atoms with Gasteiger partial charge in [-0.15, -0.1) is 0 Å². The fraction of sp³-hybridized carbons (Fsp3) is 0.235. The van der Waals surface area contributed by atoms with Crippen LogP contribution in [0.25, 0.3) is 0 Å². The van der Waals surface area contributed by atoms with Crippen LogP contribution in [-0.2, 0) is 32.6 Å². The van der Waals surface area contributed by atoms with Gasteiger partial charge in [-0.2, -0.15) is 0 Å². The van der Waals surface area contributed by atoms with Crippen LogP contribution >= 0.6 is 11.6 Å². The van der Waals surface area contributed by atoms with Crippen LogP contribution in [0.1, 0.15) is 25.0 Å². The average Bonchev–Trinajstić information content (AvgIpc) is 3.02. The normalized spacial score (nSPS) is 12.0. The van der Waals surface area contributed by atoms with Crippen molar-refractivity contribution in [3.8, 4) is 0 Å². The Bertz CT molecular complexity index is 1640. The molecule has 0 aliphatic heterocycles. The Hall–Kier alpha value is -4.21. The Morgan fingerprint density at radius 1 is 0.818 bits per heavy atom. The first-order valence-electron chi connectivity index (χ1n) is 14.2. The largest absolute Gasteiger partial charge is 0.354 e. The summed E-state index contributed by atoms with van der Waals surface area (Å²) < 4.78 is 42.6. The second-order valence-electron chi connectivity index (χ2n) is 10.8. The van der Waals surface area contributed by atoms with E-state index in [9.17, 15) is 22.4 Å². The lowest BCUT2D eigenvalue weighted by atomic mass is 10.0. The first kappa shape index (κ1) is 32.7. The number of carbonyl (C=O) groups is 2. The summed E-state index contributed by atoms with van der Waals surface area (Å²) in [7, 11) is -4.25. The highest BCUT2D eigenvalue weighted by Crippen LogP contribution is 2.25. The van der Waals surface area contributed by atoms with Gasteiger partial charge in [0, 0.05) is 24.5 Å². The monoisotopic (exact) mass is 635 g/mol. The predicted octanol–water partition coefficient (Wildman–Crippen LogP) is 6.09. The first-order chi connectivity index (χ1) is 21.0. The molecule has 0 bridgehead atoms. The van der Waals surface area contributed by atoms with Gasteiger partial charge in [0.1, 0.15) is 18.4 Å². The van der Waals surface area contributed by atoms with Gasteiger partial charge in [-0.25, -0.2) is 12.8 Å². The number of anilines is 1. The van der Waals surface area contributed by atoms with Crippen molar-refractivity contribution >= 4 is 39.1 Å². The van der Waals surface area contributed by atoms with Crippen LogP contribution in [0.15, 0.2) is 114 Å². The summed E-state index contributed by atoms with van der Waals surface area (Å²) in [6.45, 7) is 3.73. The summed E-state index contributed by atoms with van der Waals surface area (Å²) in [5.74, 6) is -1.35. The minimum absolute atomic E-state index is 0.0191. The Labute approximate surface area is 263 Å². The van der Waals surface area contributed by atoms with Crippen LogP contribution in [0, 0.1) is 11.7 Å². The standard InChI is InChI=1S/C34H35ClFN3O4S/c1-25(2)22-37-34(41)32(21-26-9-5-3-6-10-26)38(23-27-13-15-28(35)16-14-27)33(40)24-39(30-19-17-29(36)18-20-30)44(42,43)31-11-7-4-8-12-31/h3-20,25,32H,21-24H2,1-2H3,(H,37,41)/t32-/m1/s1. The number of nitrogens with one attached hydrogen (secondary N) is 1. The van der Waals surface area contributed by atoms with Crippen molar-refractivity contribution in [1.29, 1.82) is 0 Å². The molecule has 0 radical (unpaired) electrons. The lowest BCUT2D eigenvalue weighted by Gasteiger charge is -2.34. The molecule has 0 spiro atoms. The maximum atomic E-state index is 14.4. The maximum absolute atomic E-state index is 14.4. The van der Waals surface area contributed by atoms with Gasteiger partial charge in [0.05, 0.1) is 10.6 Å². The van der Waals surface area contributed by atoms with E-state index >= 15 is 0 Å². The number of hydrogen-bond acceptors (Lipinski definition) is 4. The van der Waals surface area contributed by atoms with Crippen LogP contribution in [0.5, 0.6) is 0 Å². The molecule has 0 aromatic heterocycles. The Morgan fingerprint density at radius 3 is 2.00 bits per heavy atom. The average molecular weight is 636 g/mol. The Kier molecular flexibility index (Phi) is 11.1. The highest BCUT2D eigenvalue weighted by atomic mass is 35.5. The molecule has 1 N–H and O–H groups in total. The van der Waals surface area contributed by atoms with Crippen molar-refractivity contribution in [3.05, 3.63) is 131 Å². The molecule has 0 heterocycles. The van der Waals surface area contributed by atoms with Crippen LogP contribution < -0.4 is 9.62 Å². The number of benzene rings is 4. The molecule has 0 aliphatic carbocycles. The zero-order valence-corrected chi connectivity index (χ0v) is 26.1. The van der Waals surface area contributed by atoms with Gasteiger partial charge >= 0.3 is 0 Å². The highest BCUT2D eigenvalue weighted by molar-refractivity contribution is 7.92. The first-order valence-corrected chi connectivity index (χ1v) is 16.1. The van der Waals surface area contributed by atoms with E-state index < -0.39 is 34.3 Å². The number of sulfonamides is 1. The second kappa shape index (κ2) is 15.0. The third kappa shape index (κ3) is 8.67. The quantitative estimate of drug-likeness (QED) is 0.193. The van der Waals surface area contributed by atoms with E-state index in [1.54, 1.807) is 42.5 Å². The van der Waals surface area contributed by atoms with E-state index in [0.29, 0.717) is 17.1 Å². The molecule has 4 aromatic carbocycles. The fourth-order valence-corrected chi connectivity index (χ4v) is 6.18. The minimum Gasteiger partial charge on any atom is -0.354 e. The van der Waals surface area contributed by atoms with E-state index in [2.05, 4.69) is 5.32 Å². The molecular formula is C34H35ClFN3O4S. The van der Waals surface area contributed by atoms with E-state index in [1.165, 1.54) is 29.2 Å². The van der Waals surface area contributed by atoms with E-state index in [0.717, 1.165) is 22.0 Å². The van der Waals surface area contributed by atoms with Gasteiger partial charge < -0.3 is 10.2 Å². The summed E-state index contributed by atoms with van der Waals surface area (Å²) in [5, 5.41) is 3.47.